The number of hydrogen-bond acceptors (Lipinski definition) is 21. The van der Waals surface area contributed by atoms with E-state index in [-0.39, 0.29) is 124 Å². The van der Waals surface area contributed by atoms with Gasteiger partial charge >= 0.3 is 11.9 Å². The second-order valence-corrected chi connectivity index (χ2v) is 35.9. The fourth-order valence-corrected chi connectivity index (χ4v) is 15.0. The van der Waals surface area contributed by atoms with Gasteiger partial charge in [0.15, 0.2) is 0 Å². The number of likely N-dealkylation sites (N-methyl/N-ethyl adjacent to an activating group) is 7. The Hall–Kier alpha value is -11.5. The number of rotatable bonds is 32. The lowest BCUT2D eigenvalue weighted by Gasteiger charge is -2.41. The van der Waals surface area contributed by atoms with Gasteiger partial charge in [0.25, 0.3) is 5.91 Å². The molecular formula is C92H142N16O19. The number of ether oxygens (including phenoxy) is 2. The molecule has 0 aliphatic carbocycles. The zero-order chi connectivity index (χ0) is 96.0. The van der Waals surface area contributed by atoms with Crippen LogP contribution in [0, 0.1) is 41.4 Å². The minimum atomic E-state index is -1.90. The number of allylic oxidation sites excluding steroid dienone is 1. The summed E-state index contributed by atoms with van der Waals surface area (Å²) in [5, 5.41) is 32.0. The van der Waals surface area contributed by atoms with E-state index in [1.54, 1.807) is 102 Å². The number of aliphatic hydroxyl groups excluding tert-OH is 1. The fourth-order valence-electron chi connectivity index (χ4n) is 15.0. The summed E-state index contributed by atoms with van der Waals surface area (Å²) in [5.41, 5.74) is 14.0. The molecule has 0 radical (unpaired) electrons. The monoisotopic (exact) mass is 1780 g/mol. The number of aliphatic hydroxyl groups is 1. The normalized spacial score (nSPS) is 22.0. The number of hydrogen-bond donors (Lipinski definition) is 10. The maximum Gasteiger partial charge on any atom is 0.306 e. The average Bonchev–Trinajstić information content (AvgIpc) is 0.815. The van der Waals surface area contributed by atoms with E-state index < -0.39 is 198 Å². The Labute approximate surface area is 748 Å². The molecule has 14 atom stereocenters. The smallest absolute Gasteiger partial charge is 0.306 e. The standard InChI is InChI=1S/C92H142N16O19/c1-25-65-88(121)102(18)48-73(109)103(19)69(42-51(2)3)85(118)101-76(55(10)11)91(124)104(20)70(43-52(4)5)84(117)96-59(16)81(114)97-60(17)87(120)105(21)71(44-53(6)7)89(122)106(22)72(45-54(8)9)90(123)107(23)77(56(12)13)92(125)108(24)78(86(119)98-65)79(112)57(14)46-58(15)95-66-37-36-63(47-64(66)93)82(115)100-68(39-41-75(111)127-50-62-34-30-27-31-35-62)83(116)99-67(80(94)113)38-40-74(110)126-49-61-32-28-26-29-33-61/h26-37,47,51-57,59-60,65,67-72,76-79,95,112H,15,25,38-46,48-50,93H2,1-14,16-24H3,(H2,94,113)(H,96,117)(H,97,114)(H,98,119)(H,99,116)(H,100,115)(H,101,118)/t57-,59+,60-,65+,67+,68+,69+,70+,71+,72+,76+,77+,78+,79-/m1/s1. The number of anilines is 2. The number of nitrogens with zero attached hydrogens (tertiary/aromatic N) is 7. The highest BCUT2D eigenvalue weighted by molar-refractivity contribution is 6.02. The third-order valence-corrected chi connectivity index (χ3v) is 22.6. The second-order valence-electron chi connectivity index (χ2n) is 35.9. The van der Waals surface area contributed by atoms with Gasteiger partial charge in [0, 0.05) is 73.4 Å². The van der Waals surface area contributed by atoms with Crippen LogP contribution in [0.3, 0.4) is 0 Å². The van der Waals surface area contributed by atoms with Crippen LogP contribution < -0.4 is 48.7 Å². The van der Waals surface area contributed by atoms with Crippen molar-refractivity contribution >= 4 is 106 Å². The van der Waals surface area contributed by atoms with Crippen molar-refractivity contribution in [2.24, 2.45) is 47.2 Å². The number of nitrogens with two attached hydrogens (primary N) is 2. The van der Waals surface area contributed by atoms with Crippen molar-refractivity contribution in [3.63, 3.8) is 0 Å². The molecule has 35 nitrogen and oxygen atoms in total. The minimum absolute atomic E-state index is 0.0440. The average molecular weight is 1780 g/mol. The Morgan fingerprint density at radius 2 is 0.953 bits per heavy atom. The summed E-state index contributed by atoms with van der Waals surface area (Å²) in [5.74, 6) is -15.9. The summed E-state index contributed by atoms with van der Waals surface area (Å²) >= 11 is 0. The molecule has 0 bridgehead atoms. The molecule has 1 aliphatic heterocycles. The predicted molar refractivity (Wildman–Crippen MR) is 481 cm³/mol. The lowest BCUT2D eigenvalue weighted by atomic mass is 9.90. The number of carbonyl (C=O) groups is 16. The third kappa shape index (κ3) is 32.4. The van der Waals surface area contributed by atoms with Gasteiger partial charge in [-0.15, -0.1) is 0 Å². The Morgan fingerprint density at radius 1 is 0.504 bits per heavy atom. The maximum absolute atomic E-state index is 15.8. The van der Waals surface area contributed by atoms with Crippen LogP contribution in [0.15, 0.2) is 91.1 Å². The summed E-state index contributed by atoms with van der Waals surface area (Å²) < 4.78 is 10.8. The molecule has 35 heteroatoms. The Morgan fingerprint density at radius 3 is 1.43 bits per heavy atom. The lowest BCUT2D eigenvalue weighted by Crippen LogP contribution is -2.63. The molecule has 3 aromatic carbocycles. The van der Waals surface area contributed by atoms with Crippen LogP contribution in [0.4, 0.5) is 11.4 Å². The van der Waals surface area contributed by atoms with Crippen LogP contribution in [-0.2, 0) is 94.6 Å². The SMILES string of the molecule is C=C(C[C@@H](C)[C@@H](O)[C@H]1C(=O)N[C@@H](CC)C(=O)N(C)CC(=O)N(C)[C@@H](CC(C)C)C(=O)N[C@@H](C(C)C)C(=O)N(C)[C@@H](CC(C)C)C(=O)N[C@@H](C)C(=O)N[C@H](C)C(=O)N(C)[C@@H](CC(C)C)C(=O)N(C)[C@@H](CC(C)C)C(=O)N(C)[C@@H](C(C)C)C(=O)N1C)Nc1ccc(C(=O)N[C@@H](CCC(=O)OCc2ccccc2)C(=O)N[C@@H](CCC(=O)OCc2ccccc2)C(N)=O)cc1N. The summed E-state index contributed by atoms with van der Waals surface area (Å²) in [7, 11) is 9.52. The minimum Gasteiger partial charge on any atom is -0.461 e. The van der Waals surface area contributed by atoms with Gasteiger partial charge in [-0.05, 0) is 136 Å². The lowest BCUT2D eigenvalue weighted by molar-refractivity contribution is -0.157. The van der Waals surface area contributed by atoms with Crippen molar-refractivity contribution in [2.75, 3.05) is 66.9 Å². The predicted octanol–water partition coefficient (Wildman–Crippen LogP) is 5.02. The summed E-state index contributed by atoms with van der Waals surface area (Å²) in [6, 6.07) is 5.20. The zero-order valence-electron chi connectivity index (χ0n) is 78.5. The number of primary amides is 1. The first-order valence-electron chi connectivity index (χ1n) is 43.7. The first-order valence-corrected chi connectivity index (χ1v) is 43.7. The number of nitrogen functional groups attached to an aromatic ring is 1. The molecule has 0 spiro atoms. The van der Waals surface area contributed by atoms with Crippen LogP contribution >= 0.6 is 0 Å². The molecule has 0 saturated carbocycles. The highest BCUT2D eigenvalue weighted by Crippen LogP contribution is 2.29. The topological polar surface area (TPSA) is 471 Å². The quantitative estimate of drug-likeness (QED) is 0.0290. The van der Waals surface area contributed by atoms with Gasteiger partial charge in [0.1, 0.15) is 85.7 Å². The molecule has 3 aromatic rings. The molecule has 4 rings (SSSR count). The zero-order valence-corrected chi connectivity index (χ0v) is 78.5. The van der Waals surface area contributed by atoms with Crippen molar-refractivity contribution in [1.29, 1.82) is 0 Å². The van der Waals surface area contributed by atoms with Gasteiger partial charge in [0.05, 0.1) is 24.0 Å². The number of esters is 2. The third-order valence-electron chi connectivity index (χ3n) is 22.6. The van der Waals surface area contributed by atoms with Crippen molar-refractivity contribution in [3.8, 4) is 0 Å². The van der Waals surface area contributed by atoms with Crippen LogP contribution in [0.25, 0.3) is 0 Å². The largest absolute Gasteiger partial charge is 0.461 e. The first-order chi connectivity index (χ1) is 59.3. The number of nitrogens with one attached hydrogen (secondary N) is 7. The van der Waals surface area contributed by atoms with Crippen LogP contribution in [-0.4, -0.2) is 269 Å². The molecule has 0 aromatic heterocycles. The van der Waals surface area contributed by atoms with E-state index in [9.17, 15) is 62.6 Å². The van der Waals surface area contributed by atoms with Gasteiger partial charge in [0.2, 0.25) is 76.8 Å². The summed E-state index contributed by atoms with van der Waals surface area (Å²) in [6.45, 7) is 30.7. The Kier molecular flexibility index (Phi) is 43.1. The molecule has 14 amide bonds. The Bertz CT molecular complexity index is 4300. The molecule has 12 N–H and O–H groups in total. The molecule has 1 aliphatic rings. The molecule has 1 saturated heterocycles. The Balaban J connectivity index is 1.82. The molecule has 127 heavy (non-hydrogen) atoms. The van der Waals surface area contributed by atoms with E-state index in [0.717, 1.165) is 14.7 Å². The van der Waals surface area contributed by atoms with Gasteiger partial charge in [-0.1, -0.05) is 164 Å². The second kappa shape index (κ2) is 50.7. The van der Waals surface area contributed by atoms with Crippen LogP contribution in [0.1, 0.15) is 196 Å². The number of amides is 14. The van der Waals surface area contributed by atoms with E-state index in [0.29, 0.717) is 11.1 Å². The highest BCUT2D eigenvalue weighted by atomic mass is 16.5. The van der Waals surface area contributed by atoms with E-state index in [4.69, 9.17) is 20.9 Å². The molecule has 704 valence electrons. The van der Waals surface area contributed by atoms with E-state index >= 15 is 19.2 Å². The number of carbonyl (C=O) groups excluding carboxylic acids is 16. The molecular weight excluding hydrogens is 1630 g/mol. The highest BCUT2D eigenvalue weighted by Gasteiger charge is 2.47. The van der Waals surface area contributed by atoms with Gasteiger partial charge in [-0.2, -0.15) is 0 Å². The first kappa shape index (κ1) is 108. The van der Waals surface area contributed by atoms with Crippen molar-refractivity contribution < 1.29 is 91.3 Å². The molecule has 1 heterocycles. The van der Waals surface area contributed by atoms with Crippen LogP contribution in [0.5, 0.6) is 0 Å². The fraction of sp³-hybridized carbons (Fsp3) is 0.609. The molecule has 1 fully saturated rings. The van der Waals surface area contributed by atoms with Crippen molar-refractivity contribution in [2.45, 2.75) is 267 Å². The summed E-state index contributed by atoms with van der Waals surface area (Å²) in [6.07, 6.45) is -3.15. The van der Waals surface area contributed by atoms with Gasteiger partial charge in [-0.3, -0.25) is 76.7 Å². The summed E-state index contributed by atoms with van der Waals surface area (Å²) in [4.78, 5) is 239. The van der Waals surface area contributed by atoms with E-state index in [1.165, 1.54) is 101 Å². The van der Waals surface area contributed by atoms with Crippen LogP contribution in [0.2, 0.25) is 0 Å². The van der Waals surface area contributed by atoms with Crippen molar-refractivity contribution in [3.05, 3.63) is 108 Å². The van der Waals surface area contributed by atoms with E-state index in [1.807, 2.05) is 55.4 Å². The van der Waals surface area contributed by atoms with Gasteiger partial charge in [-0.25, -0.2) is 0 Å². The maximum atomic E-state index is 15.8. The van der Waals surface area contributed by atoms with Gasteiger partial charge < -0.3 is 97.6 Å². The van der Waals surface area contributed by atoms with Crippen molar-refractivity contribution in [1.82, 2.24) is 66.2 Å². The number of benzene rings is 3. The van der Waals surface area contributed by atoms with E-state index in [2.05, 4.69) is 43.8 Å². The molecule has 0 unspecified atom stereocenters.